The molecular formula is C26H35ClN2O3. The van der Waals surface area contributed by atoms with E-state index in [2.05, 4.69) is 48.8 Å². The molecular weight excluding hydrogens is 424 g/mol. The molecule has 0 saturated carbocycles. The van der Waals surface area contributed by atoms with Crippen LogP contribution in [0.2, 0.25) is 5.02 Å². The maximum Gasteiger partial charge on any atom is 0.139 e. The van der Waals surface area contributed by atoms with Gasteiger partial charge in [-0.1, -0.05) is 17.7 Å². The summed E-state index contributed by atoms with van der Waals surface area (Å²) in [5.41, 5.74) is 5.16. The molecule has 2 heterocycles. The van der Waals surface area contributed by atoms with Crippen LogP contribution >= 0.6 is 11.6 Å². The van der Waals surface area contributed by atoms with E-state index < -0.39 is 0 Å². The molecule has 1 unspecified atom stereocenters. The minimum Gasteiger partial charge on any atom is -0.495 e. The molecule has 2 aliphatic rings. The van der Waals surface area contributed by atoms with Crippen molar-refractivity contribution in [3.05, 3.63) is 52.0 Å². The second-order valence-electron chi connectivity index (χ2n) is 8.85. The molecule has 1 atom stereocenters. The molecule has 0 aliphatic carbocycles. The molecule has 32 heavy (non-hydrogen) atoms. The van der Waals surface area contributed by atoms with Crippen molar-refractivity contribution in [2.75, 3.05) is 51.4 Å². The molecule has 2 aromatic carbocycles. The summed E-state index contributed by atoms with van der Waals surface area (Å²) < 4.78 is 17.2. The van der Waals surface area contributed by atoms with Crippen LogP contribution in [-0.2, 0) is 4.74 Å². The average molecular weight is 459 g/mol. The molecule has 2 fully saturated rings. The first kappa shape index (κ1) is 23.2. The lowest BCUT2D eigenvalue weighted by Gasteiger charge is -2.40. The smallest absolute Gasteiger partial charge is 0.139 e. The molecule has 2 saturated heterocycles. The molecule has 0 aromatic heterocycles. The third kappa shape index (κ3) is 5.00. The molecule has 174 valence electrons. The minimum absolute atomic E-state index is 0.268. The van der Waals surface area contributed by atoms with E-state index in [1.54, 1.807) is 7.11 Å². The fourth-order valence-corrected chi connectivity index (χ4v) is 4.97. The largest absolute Gasteiger partial charge is 0.495 e. The van der Waals surface area contributed by atoms with E-state index in [9.17, 15) is 0 Å². The van der Waals surface area contributed by atoms with Crippen LogP contribution in [0.25, 0.3) is 0 Å². The highest BCUT2D eigenvalue weighted by molar-refractivity contribution is 6.32. The Kier molecular flexibility index (Phi) is 7.49. The van der Waals surface area contributed by atoms with Crippen LogP contribution in [-0.4, -0.2) is 57.5 Å². The zero-order valence-corrected chi connectivity index (χ0v) is 20.5. The maximum absolute atomic E-state index is 6.32. The summed E-state index contributed by atoms with van der Waals surface area (Å²) in [6, 6.07) is 10.8. The van der Waals surface area contributed by atoms with Gasteiger partial charge in [-0.15, -0.1) is 0 Å². The molecule has 0 radical (unpaired) electrons. The van der Waals surface area contributed by atoms with Crippen molar-refractivity contribution < 1.29 is 14.2 Å². The highest BCUT2D eigenvalue weighted by atomic mass is 35.5. The first-order chi connectivity index (χ1) is 15.5. The Labute approximate surface area is 197 Å². The fourth-order valence-electron chi connectivity index (χ4n) is 4.78. The number of hydrogen-bond acceptors (Lipinski definition) is 5. The van der Waals surface area contributed by atoms with Gasteiger partial charge in [-0.05, 0) is 55.7 Å². The van der Waals surface area contributed by atoms with Crippen LogP contribution < -0.4 is 14.4 Å². The Morgan fingerprint density at radius 2 is 1.69 bits per heavy atom. The highest BCUT2D eigenvalue weighted by Crippen LogP contribution is 2.34. The molecule has 4 rings (SSSR count). The van der Waals surface area contributed by atoms with Crippen molar-refractivity contribution in [3.63, 3.8) is 0 Å². The summed E-state index contributed by atoms with van der Waals surface area (Å²) in [6.45, 7) is 12.3. The van der Waals surface area contributed by atoms with Gasteiger partial charge in [0.15, 0.2) is 0 Å². The topological polar surface area (TPSA) is 34.2 Å². The predicted octanol–water partition coefficient (Wildman–Crippen LogP) is 5.41. The van der Waals surface area contributed by atoms with Gasteiger partial charge in [-0.2, -0.15) is 0 Å². The number of rotatable bonds is 6. The van der Waals surface area contributed by atoms with E-state index in [0.29, 0.717) is 11.1 Å². The maximum atomic E-state index is 6.32. The number of halogens is 1. The van der Waals surface area contributed by atoms with Gasteiger partial charge in [0.25, 0.3) is 0 Å². The van der Waals surface area contributed by atoms with Gasteiger partial charge >= 0.3 is 0 Å². The van der Waals surface area contributed by atoms with E-state index in [1.165, 1.54) is 22.4 Å². The van der Waals surface area contributed by atoms with Crippen molar-refractivity contribution in [1.82, 2.24) is 4.90 Å². The van der Waals surface area contributed by atoms with E-state index in [0.717, 1.165) is 63.7 Å². The van der Waals surface area contributed by atoms with Gasteiger partial charge in [0, 0.05) is 56.8 Å². The van der Waals surface area contributed by atoms with Gasteiger partial charge in [0.2, 0.25) is 0 Å². The first-order valence-electron chi connectivity index (χ1n) is 11.6. The number of piperazine rings is 1. The van der Waals surface area contributed by atoms with Crippen LogP contribution in [0.5, 0.6) is 11.5 Å². The van der Waals surface area contributed by atoms with E-state index in [1.807, 2.05) is 12.1 Å². The number of benzene rings is 2. The van der Waals surface area contributed by atoms with Crippen molar-refractivity contribution in [2.45, 2.75) is 45.8 Å². The Bertz CT molecular complexity index is 922. The summed E-state index contributed by atoms with van der Waals surface area (Å²) >= 11 is 6.19. The normalized spacial score (nSPS) is 19.1. The van der Waals surface area contributed by atoms with E-state index >= 15 is 0 Å². The van der Waals surface area contributed by atoms with E-state index in [4.69, 9.17) is 25.8 Å². The van der Waals surface area contributed by atoms with Gasteiger partial charge in [0.1, 0.15) is 17.6 Å². The molecule has 0 N–H and O–H groups in total. The lowest BCUT2D eigenvalue weighted by atomic mass is 9.96. The summed E-state index contributed by atoms with van der Waals surface area (Å²) in [7, 11) is 1.66. The first-order valence-corrected chi connectivity index (χ1v) is 12.0. The van der Waals surface area contributed by atoms with Gasteiger partial charge in [-0.3, -0.25) is 4.90 Å². The molecule has 0 spiro atoms. The number of nitrogens with zero attached hydrogens (tertiary/aromatic N) is 2. The summed E-state index contributed by atoms with van der Waals surface area (Å²) in [5.74, 6) is 1.75. The number of hydrogen-bond donors (Lipinski definition) is 0. The Morgan fingerprint density at radius 1 is 0.969 bits per heavy atom. The standard InChI is InChI=1S/C26H35ClN2O3/c1-18-19(2)25(32-22-9-15-31-16-10-22)8-6-23(18)20(3)28-11-13-29(14-12-28)21-5-7-24(27)26(17-21)30-4/h5-8,17,20,22H,9-16H2,1-4H3. The Hall–Kier alpha value is -1.95. The number of methoxy groups -OCH3 is 1. The molecule has 5 nitrogen and oxygen atoms in total. The fraction of sp³-hybridized carbons (Fsp3) is 0.538. The van der Waals surface area contributed by atoms with Crippen molar-refractivity contribution in [3.8, 4) is 11.5 Å². The second kappa shape index (κ2) is 10.3. The van der Waals surface area contributed by atoms with Crippen molar-refractivity contribution >= 4 is 17.3 Å². The Morgan fingerprint density at radius 3 is 2.38 bits per heavy atom. The lowest BCUT2D eigenvalue weighted by molar-refractivity contribution is 0.0252. The SMILES string of the molecule is COc1cc(N2CCN(C(C)c3ccc(OC4CCOCC4)c(C)c3C)CC2)ccc1Cl. The van der Waals surface area contributed by atoms with Gasteiger partial charge < -0.3 is 19.1 Å². The molecule has 0 amide bonds. The number of anilines is 1. The summed E-state index contributed by atoms with van der Waals surface area (Å²) in [6.07, 6.45) is 2.21. The van der Waals surface area contributed by atoms with Crippen LogP contribution in [0.4, 0.5) is 5.69 Å². The molecule has 2 aromatic rings. The van der Waals surface area contributed by atoms with Gasteiger partial charge in [0.05, 0.1) is 25.3 Å². The zero-order valence-electron chi connectivity index (χ0n) is 19.7. The van der Waals surface area contributed by atoms with Crippen molar-refractivity contribution in [2.24, 2.45) is 0 Å². The molecule has 6 heteroatoms. The highest BCUT2D eigenvalue weighted by Gasteiger charge is 2.25. The van der Waals surface area contributed by atoms with Gasteiger partial charge in [-0.25, -0.2) is 0 Å². The average Bonchev–Trinajstić information content (AvgIpc) is 2.83. The third-order valence-electron chi connectivity index (χ3n) is 7.05. The molecule has 0 bridgehead atoms. The van der Waals surface area contributed by atoms with E-state index in [-0.39, 0.29) is 6.10 Å². The predicted molar refractivity (Wildman–Crippen MR) is 131 cm³/mol. The van der Waals surface area contributed by atoms with Crippen molar-refractivity contribution in [1.29, 1.82) is 0 Å². The minimum atomic E-state index is 0.268. The van der Waals surface area contributed by atoms with Crippen LogP contribution in [0.1, 0.15) is 42.5 Å². The van der Waals surface area contributed by atoms with Crippen LogP contribution in [0, 0.1) is 13.8 Å². The molecule has 2 aliphatic heterocycles. The summed E-state index contributed by atoms with van der Waals surface area (Å²) in [5, 5.41) is 0.651. The lowest BCUT2D eigenvalue weighted by Crippen LogP contribution is -2.47. The summed E-state index contributed by atoms with van der Waals surface area (Å²) in [4.78, 5) is 4.98. The van der Waals surface area contributed by atoms with Crippen LogP contribution in [0.15, 0.2) is 30.3 Å². The zero-order chi connectivity index (χ0) is 22.7. The monoisotopic (exact) mass is 458 g/mol. The second-order valence-corrected chi connectivity index (χ2v) is 9.26. The van der Waals surface area contributed by atoms with Crippen LogP contribution in [0.3, 0.4) is 0 Å². The quantitative estimate of drug-likeness (QED) is 0.578. The third-order valence-corrected chi connectivity index (χ3v) is 7.37. The number of ether oxygens (including phenoxy) is 3. The Balaban J connectivity index is 1.40.